The van der Waals surface area contributed by atoms with E-state index in [2.05, 4.69) is 24.1 Å². The van der Waals surface area contributed by atoms with Crippen LogP contribution in [0.25, 0.3) is 0 Å². The Morgan fingerprint density at radius 2 is 2.00 bits per heavy atom. The number of carbonyl (C=O) groups is 3. The molecule has 0 aromatic rings. The van der Waals surface area contributed by atoms with Crippen molar-refractivity contribution in [2.75, 3.05) is 19.8 Å². The molecule has 0 saturated heterocycles. The van der Waals surface area contributed by atoms with Gasteiger partial charge in [0.1, 0.15) is 13.2 Å². The minimum atomic E-state index is -0.546. The van der Waals surface area contributed by atoms with Crippen molar-refractivity contribution in [2.45, 2.75) is 45.6 Å². The zero-order chi connectivity index (χ0) is 17.3. The van der Waals surface area contributed by atoms with Gasteiger partial charge in [-0.3, -0.25) is 4.79 Å². The van der Waals surface area contributed by atoms with E-state index in [1.807, 2.05) is 0 Å². The lowest BCUT2D eigenvalue weighted by Gasteiger charge is -2.38. The minimum Gasteiger partial charge on any atom is -0.459 e. The summed E-state index contributed by atoms with van der Waals surface area (Å²) < 4.78 is 9.69. The van der Waals surface area contributed by atoms with Gasteiger partial charge in [-0.15, -0.1) is 0 Å². The van der Waals surface area contributed by atoms with Crippen molar-refractivity contribution in [3.05, 3.63) is 12.7 Å². The summed E-state index contributed by atoms with van der Waals surface area (Å²) in [6.07, 6.45) is 4.20. The molecule has 1 aliphatic carbocycles. The Labute approximate surface area is 136 Å². The molecule has 2 amide bonds. The van der Waals surface area contributed by atoms with Crippen molar-refractivity contribution in [2.24, 2.45) is 5.41 Å². The first kappa shape index (κ1) is 19.0. The van der Waals surface area contributed by atoms with Crippen molar-refractivity contribution in [1.29, 1.82) is 0 Å². The van der Waals surface area contributed by atoms with E-state index in [1.165, 1.54) is 6.92 Å². The zero-order valence-corrected chi connectivity index (χ0v) is 13.9. The van der Waals surface area contributed by atoms with Gasteiger partial charge in [0.15, 0.2) is 0 Å². The Bertz CT molecular complexity index is 452. The summed E-state index contributed by atoms with van der Waals surface area (Å²) in [6.45, 7) is 7.49. The zero-order valence-electron chi connectivity index (χ0n) is 13.9. The highest BCUT2D eigenvalue weighted by Gasteiger charge is 2.33. The fourth-order valence-corrected chi connectivity index (χ4v) is 2.74. The fourth-order valence-electron chi connectivity index (χ4n) is 2.74. The quantitative estimate of drug-likeness (QED) is 0.420. The molecule has 0 heterocycles. The van der Waals surface area contributed by atoms with E-state index < -0.39 is 12.1 Å². The van der Waals surface area contributed by atoms with Crippen LogP contribution in [0.3, 0.4) is 0 Å². The number of esters is 1. The molecule has 1 rings (SSSR count). The summed E-state index contributed by atoms with van der Waals surface area (Å²) in [5.41, 5.74) is -0.0264. The van der Waals surface area contributed by atoms with Gasteiger partial charge in [0, 0.05) is 25.6 Å². The first-order valence-corrected chi connectivity index (χ1v) is 7.81. The molecule has 130 valence electrons. The van der Waals surface area contributed by atoms with Crippen LogP contribution in [0, 0.1) is 5.41 Å². The van der Waals surface area contributed by atoms with Gasteiger partial charge in [-0.2, -0.15) is 0 Å². The molecule has 7 nitrogen and oxygen atoms in total. The predicted octanol–water partition coefficient (Wildman–Crippen LogP) is 1.53. The van der Waals surface area contributed by atoms with Crippen LogP contribution in [-0.4, -0.2) is 43.8 Å². The van der Waals surface area contributed by atoms with Crippen molar-refractivity contribution in [3.63, 3.8) is 0 Å². The number of ether oxygens (including phenoxy) is 2. The third-order valence-electron chi connectivity index (χ3n) is 3.89. The third kappa shape index (κ3) is 7.67. The number of hydrogen-bond acceptors (Lipinski definition) is 5. The molecular formula is C16H26N2O5. The van der Waals surface area contributed by atoms with Crippen molar-refractivity contribution in [1.82, 2.24) is 10.6 Å². The molecule has 1 aliphatic rings. The Kier molecular flexibility index (Phi) is 7.57. The largest absolute Gasteiger partial charge is 0.459 e. The summed E-state index contributed by atoms with van der Waals surface area (Å²) in [6, 6.07) is 0.0192. The van der Waals surface area contributed by atoms with Crippen LogP contribution >= 0.6 is 0 Å². The van der Waals surface area contributed by atoms with Crippen LogP contribution in [0.15, 0.2) is 12.7 Å². The fraction of sp³-hybridized carbons (Fsp3) is 0.688. The number of nitrogens with one attached hydrogen (secondary N) is 2. The molecule has 0 bridgehead atoms. The smallest absolute Gasteiger partial charge is 0.407 e. The maximum Gasteiger partial charge on any atom is 0.407 e. The van der Waals surface area contributed by atoms with E-state index >= 15 is 0 Å². The van der Waals surface area contributed by atoms with Crippen molar-refractivity contribution in [3.8, 4) is 0 Å². The van der Waals surface area contributed by atoms with E-state index in [1.54, 1.807) is 0 Å². The number of rotatable bonds is 7. The highest BCUT2D eigenvalue weighted by Crippen LogP contribution is 2.35. The van der Waals surface area contributed by atoms with Crippen LogP contribution in [0.5, 0.6) is 0 Å². The molecule has 1 fully saturated rings. The third-order valence-corrected chi connectivity index (χ3v) is 3.89. The first-order chi connectivity index (χ1) is 10.8. The van der Waals surface area contributed by atoms with Crippen molar-refractivity contribution >= 4 is 18.0 Å². The van der Waals surface area contributed by atoms with E-state index in [0.717, 1.165) is 31.8 Å². The van der Waals surface area contributed by atoms with Gasteiger partial charge in [0.05, 0.1) is 0 Å². The lowest BCUT2D eigenvalue weighted by atomic mass is 9.73. The average Bonchev–Trinajstić information content (AvgIpc) is 2.49. The maximum absolute atomic E-state index is 11.7. The van der Waals surface area contributed by atoms with Gasteiger partial charge in [0.2, 0.25) is 5.91 Å². The molecule has 0 radical (unpaired) electrons. The van der Waals surface area contributed by atoms with Gasteiger partial charge >= 0.3 is 12.1 Å². The topological polar surface area (TPSA) is 93.7 Å². The molecule has 0 aliphatic heterocycles. The summed E-state index contributed by atoms with van der Waals surface area (Å²) >= 11 is 0. The second-order valence-electron chi connectivity index (χ2n) is 6.17. The van der Waals surface area contributed by atoms with Gasteiger partial charge in [-0.25, -0.2) is 9.59 Å². The summed E-state index contributed by atoms with van der Waals surface area (Å²) in [5.74, 6) is -0.593. The average molecular weight is 326 g/mol. The predicted molar refractivity (Wildman–Crippen MR) is 84.7 cm³/mol. The number of amides is 2. The first-order valence-electron chi connectivity index (χ1n) is 7.81. The monoisotopic (exact) mass is 326 g/mol. The molecule has 0 aromatic carbocycles. The number of hydrogen-bond donors (Lipinski definition) is 2. The number of alkyl carbamates (subject to hydrolysis) is 1. The van der Waals surface area contributed by atoms with Crippen LogP contribution in [0.2, 0.25) is 0 Å². The van der Waals surface area contributed by atoms with Crippen LogP contribution in [0.4, 0.5) is 4.79 Å². The molecule has 2 N–H and O–H groups in total. The van der Waals surface area contributed by atoms with E-state index in [0.29, 0.717) is 6.54 Å². The molecule has 2 unspecified atom stereocenters. The van der Waals surface area contributed by atoms with Gasteiger partial charge in [0.25, 0.3) is 0 Å². The molecule has 0 spiro atoms. The molecular weight excluding hydrogens is 300 g/mol. The van der Waals surface area contributed by atoms with Crippen molar-refractivity contribution < 1.29 is 23.9 Å². The van der Waals surface area contributed by atoms with Gasteiger partial charge < -0.3 is 20.1 Å². The minimum absolute atomic E-state index is 0.00128. The standard InChI is InChI=1S/C16H26N2O5/c1-4-14(20)22-8-9-23-15(21)18-13-6-5-7-16(3,10-13)11-17-12(2)19/h4,13H,1,5-11H2,2-3H3,(H,17,19)(H,18,21). The lowest BCUT2D eigenvalue weighted by molar-refractivity contribution is -0.138. The highest BCUT2D eigenvalue weighted by molar-refractivity contribution is 5.81. The second kappa shape index (κ2) is 9.17. The molecule has 7 heteroatoms. The Hall–Kier alpha value is -2.05. The summed E-state index contributed by atoms with van der Waals surface area (Å²) in [4.78, 5) is 33.6. The molecule has 1 saturated carbocycles. The molecule has 0 aromatic heterocycles. The Morgan fingerprint density at radius 1 is 1.30 bits per heavy atom. The van der Waals surface area contributed by atoms with E-state index in [9.17, 15) is 14.4 Å². The SMILES string of the molecule is C=CC(=O)OCCOC(=O)NC1CCCC(C)(CNC(C)=O)C1. The molecule has 23 heavy (non-hydrogen) atoms. The van der Waals surface area contributed by atoms with E-state index in [-0.39, 0.29) is 30.6 Å². The lowest BCUT2D eigenvalue weighted by Crippen LogP contribution is -2.45. The summed E-state index contributed by atoms with van der Waals surface area (Å²) in [7, 11) is 0. The van der Waals surface area contributed by atoms with Gasteiger partial charge in [-0.05, 0) is 24.7 Å². The van der Waals surface area contributed by atoms with E-state index in [4.69, 9.17) is 9.47 Å². The Balaban J connectivity index is 2.29. The van der Waals surface area contributed by atoms with Gasteiger partial charge in [-0.1, -0.05) is 19.9 Å². The molecule has 2 atom stereocenters. The normalized spacial score (nSPS) is 23.5. The van der Waals surface area contributed by atoms with Crippen LogP contribution in [-0.2, 0) is 19.1 Å². The second-order valence-corrected chi connectivity index (χ2v) is 6.17. The maximum atomic E-state index is 11.7. The number of carbonyl (C=O) groups excluding carboxylic acids is 3. The Morgan fingerprint density at radius 3 is 2.65 bits per heavy atom. The van der Waals surface area contributed by atoms with Crippen LogP contribution in [0.1, 0.15) is 39.5 Å². The highest BCUT2D eigenvalue weighted by atomic mass is 16.6. The summed E-state index contributed by atoms with van der Waals surface area (Å²) in [5, 5.41) is 5.68. The van der Waals surface area contributed by atoms with Crippen LogP contribution < -0.4 is 10.6 Å².